The van der Waals surface area contributed by atoms with E-state index in [2.05, 4.69) is 33.0 Å². The maximum Gasteiger partial charge on any atom is 0.286 e. The molecule has 0 saturated carbocycles. The van der Waals surface area contributed by atoms with Crippen LogP contribution in [0.15, 0.2) is 54.6 Å². The Morgan fingerprint density at radius 2 is 1.87 bits per heavy atom. The molecule has 0 bridgehead atoms. The van der Waals surface area contributed by atoms with Gasteiger partial charge in [-0.05, 0) is 49.9 Å². The maximum absolute atomic E-state index is 13.2. The molecule has 0 radical (unpaired) electrons. The molecule has 0 aliphatic heterocycles. The van der Waals surface area contributed by atoms with Crippen molar-refractivity contribution < 1.29 is 14.0 Å². The second-order valence-corrected chi connectivity index (χ2v) is 8.37. The highest BCUT2D eigenvalue weighted by molar-refractivity contribution is 7.13. The SMILES string of the molecule is C[C@@H](CCc1ccccc1)NC(=O)CCCc1nnc(C(=O)Nc2cccc(F)c2)s1. The number of halogens is 1. The van der Waals surface area contributed by atoms with E-state index in [-0.39, 0.29) is 17.0 Å². The monoisotopic (exact) mass is 440 g/mol. The Morgan fingerprint density at radius 3 is 2.65 bits per heavy atom. The van der Waals surface area contributed by atoms with Crippen LogP contribution in [0.3, 0.4) is 0 Å². The van der Waals surface area contributed by atoms with Crippen molar-refractivity contribution >= 4 is 28.8 Å². The number of carbonyl (C=O) groups excluding carboxylic acids is 2. The van der Waals surface area contributed by atoms with Crippen molar-refractivity contribution in [2.24, 2.45) is 0 Å². The molecular weight excluding hydrogens is 415 g/mol. The number of rotatable bonds is 10. The van der Waals surface area contributed by atoms with Gasteiger partial charge in [-0.15, -0.1) is 10.2 Å². The van der Waals surface area contributed by atoms with Crippen molar-refractivity contribution in [3.8, 4) is 0 Å². The van der Waals surface area contributed by atoms with Crippen LogP contribution < -0.4 is 10.6 Å². The first kappa shape index (κ1) is 22.6. The maximum atomic E-state index is 13.2. The zero-order valence-electron chi connectivity index (χ0n) is 17.3. The summed E-state index contributed by atoms with van der Waals surface area (Å²) in [6.07, 6.45) is 3.39. The first-order valence-corrected chi connectivity index (χ1v) is 11.0. The van der Waals surface area contributed by atoms with Crippen LogP contribution in [-0.2, 0) is 17.6 Å². The van der Waals surface area contributed by atoms with Crippen molar-refractivity contribution in [2.75, 3.05) is 5.32 Å². The highest BCUT2D eigenvalue weighted by Gasteiger charge is 2.14. The number of benzene rings is 2. The molecule has 2 N–H and O–H groups in total. The van der Waals surface area contributed by atoms with Crippen molar-refractivity contribution in [3.63, 3.8) is 0 Å². The number of aryl methyl sites for hydroxylation is 2. The van der Waals surface area contributed by atoms with Gasteiger partial charge in [0.15, 0.2) is 0 Å². The van der Waals surface area contributed by atoms with Gasteiger partial charge >= 0.3 is 0 Å². The summed E-state index contributed by atoms with van der Waals surface area (Å²) >= 11 is 1.18. The topological polar surface area (TPSA) is 84.0 Å². The summed E-state index contributed by atoms with van der Waals surface area (Å²) < 4.78 is 13.2. The molecule has 1 aromatic heterocycles. The predicted molar refractivity (Wildman–Crippen MR) is 120 cm³/mol. The molecule has 3 rings (SSSR count). The Morgan fingerprint density at radius 1 is 1.06 bits per heavy atom. The van der Waals surface area contributed by atoms with Crippen molar-refractivity contribution in [2.45, 2.75) is 45.1 Å². The Kier molecular flexibility index (Phi) is 8.23. The molecule has 0 aliphatic rings. The summed E-state index contributed by atoms with van der Waals surface area (Å²) in [7, 11) is 0. The summed E-state index contributed by atoms with van der Waals surface area (Å²) in [5.41, 5.74) is 1.62. The van der Waals surface area contributed by atoms with Gasteiger partial charge in [-0.3, -0.25) is 9.59 Å². The van der Waals surface area contributed by atoms with E-state index in [4.69, 9.17) is 0 Å². The summed E-state index contributed by atoms with van der Waals surface area (Å²) in [5, 5.41) is 14.4. The Balaban J connectivity index is 1.37. The van der Waals surface area contributed by atoms with E-state index in [0.717, 1.165) is 12.8 Å². The number of aromatic nitrogens is 2. The molecule has 1 heterocycles. The zero-order chi connectivity index (χ0) is 22.1. The smallest absolute Gasteiger partial charge is 0.286 e. The highest BCUT2D eigenvalue weighted by Crippen LogP contribution is 2.16. The lowest BCUT2D eigenvalue weighted by molar-refractivity contribution is -0.121. The van der Waals surface area contributed by atoms with Gasteiger partial charge in [0, 0.05) is 24.6 Å². The first-order valence-electron chi connectivity index (χ1n) is 10.2. The van der Waals surface area contributed by atoms with E-state index in [1.54, 1.807) is 6.07 Å². The molecule has 2 amide bonds. The van der Waals surface area contributed by atoms with Crippen molar-refractivity contribution in [3.05, 3.63) is 76.0 Å². The molecule has 0 spiro atoms. The minimum atomic E-state index is -0.431. The third-order valence-electron chi connectivity index (χ3n) is 4.65. The minimum absolute atomic E-state index is 0.00847. The lowest BCUT2D eigenvalue weighted by Gasteiger charge is -2.13. The standard InChI is InChI=1S/C23H25FN4O2S/c1-16(13-14-17-7-3-2-4-8-17)25-20(29)11-6-12-21-27-28-23(31-21)22(30)26-19-10-5-9-18(24)15-19/h2-5,7-10,15-16H,6,11-14H2,1H3,(H,25,29)(H,26,30)/t16-/m0/s1. The molecule has 0 saturated heterocycles. The minimum Gasteiger partial charge on any atom is -0.354 e. The van der Waals surface area contributed by atoms with E-state index in [0.29, 0.717) is 30.0 Å². The van der Waals surface area contributed by atoms with Crippen LogP contribution in [0.2, 0.25) is 0 Å². The van der Waals surface area contributed by atoms with Crippen LogP contribution >= 0.6 is 11.3 Å². The second kappa shape index (κ2) is 11.3. The average molecular weight is 441 g/mol. The lowest BCUT2D eigenvalue weighted by atomic mass is 10.1. The van der Waals surface area contributed by atoms with E-state index >= 15 is 0 Å². The van der Waals surface area contributed by atoms with E-state index in [9.17, 15) is 14.0 Å². The van der Waals surface area contributed by atoms with E-state index in [1.165, 1.54) is 35.1 Å². The Labute approximate surface area is 184 Å². The Bertz CT molecular complexity index is 1010. The molecule has 31 heavy (non-hydrogen) atoms. The fraction of sp³-hybridized carbons (Fsp3) is 0.304. The van der Waals surface area contributed by atoms with Crippen LogP contribution in [0.1, 0.15) is 46.6 Å². The van der Waals surface area contributed by atoms with Crippen LogP contribution in [-0.4, -0.2) is 28.1 Å². The fourth-order valence-electron chi connectivity index (χ4n) is 3.04. The molecule has 1 atom stereocenters. The summed E-state index contributed by atoms with van der Waals surface area (Å²) in [6, 6.07) is 16.0. The van der Waals surface area contributed by atoms with Gasteiger partial charge < -0.3 is 10.6 Å². The summed E-state index contributed by atoms with van der Waals surface area (Å²) in [4.78, 5) is 24.4. The van der Waals surface area contributed by atoms with Gasteiger partial charge in [0.05, 0.1) is 0 Å². The molecule has 2 aromatic carbocycles. The number of anilines is 1. The van der Waals surface area contributed by atoms with Crippen molar-refractivity contribution in [1.29, 1.82) is 0 Å². The fourth-order valence-corrected chi connectivity index (χ4v) is 3.82. The number of nitrogens with zero attached hydrogens (tertiary/aromatic N) is 2. The number of carbonyl (C=O) groups is 2. The van der Waals surface area contributed by atoms with Crippen LogP contribution in [0.4, 0.5) is 10.1 Å². The molecule has 0 fully saturated rings. The lowest BCUT2D eigenvalue weighted by Crippen LogP contribution is -2.32. The third kappa shape index (κ3) is 7.57. The van der Waals surface area contributed by atoms with Crippen LogP contribution in [0, 0.1) is 5.82 Å². The quantitative estimate of drug-likeness (QED) is 0.490. The molecular formula is C23H25FN4O2S. The van der Waals surface area contributed by atoms with Gasteiger partial charge in [0.2, 0.25) is 10.9 Å². The molecule has 162 valence electrons. The zero-order valence-corrected chi connectivity index (χ0v) is 18.1. The van der Waals surface area contributed by atoms with Gasteiger partial charge in [-0.25, -0.2) is 4.39 Å². The normalized spacial score (nSPS) is 11.7. The molecule has 3 aromatic rings. The van der Waals surface area contributed by atoms with Gasteiger partial charge in [0.1, 0.15) is 10.8 Å². The van der Waals surface area contributed by atoms with Gasteiger partial charge in [-0.1, -0.05) is 47.7 Å². The van der Waals surface area contributed by atoms with Crippen molar-refractivity contribution in [1.82, 2.24) is 15.5 Å². The molecule has 8 heteroatoms. The highest BCUT2D eigenvalue weighted by atomic mass is 32.1. The molecule has 0 aliphatic carbocycles. The number of hydrogen-bond donors (Lipinski definition) is 2. The van der Waals surface area contributed by atoms with E-state index < -0.39 is 11.7 Å². The number of nitrogens with one attached hydrogen (secondary N) is 2. The third-order valence-corrected chi connectivity index (χ3v) is 5.64. The van der Waals surface area contributed by atoms with Crippen LogP contribution in [0.25, 0.3) is 0 Å². The average Bonchev–Trinajstić information content (AvgIpc) is 3.22. The van der Waals surface area contributed by atoms with Gasteiger partial charge in [0.25, 0.3) is 5.91 Å². The summed E-state index contributed by atoms with van der Waals surface area (Å²) in [6.45, 7) is 2.01. The first-order chi connectivity index (χ1) is 15.0. The molecule has 6 nitrogen and oxygen atoms in total. The van der Waals surface area contributed by atoms with Crippen LogP contribution in [0.5, 0.6) is 0 Å². The second-order valence-electron chi connectivity index (χ2n) is 7.31. The van der Waals surface area contributed by atoms with Gasteiger partial charge in [-0.2, -0.15) is 0 Å². The number of amides is 2. The predicted octanol–water partition coefficient (Wildman–Crippen LogP) is 4.39. The largest absolute Gasteiger partial charge is 0.354 e. The number of hydrogen-bond acceptors (Lipinski definition) is 5. The Hall–Kier alpha value is -3.13. The summed E-state index contributed by atoms with van der Waals surface area (Å²) in [5.74, 6) is -0.850. The molecule has 0 unspecified atom stereocenters. The van der Waals surface area contributed by atoms with E-state index in [1.807, 2.05) is 25.1 Å².